The number of hydrogen-bond donors (Lipinski definition) is 1. The molecular weight excluding hydrogens is 426 g/mol. The predicted molar refractivity (Wildman–Crippen MR) is 138 cm³/mol. The van der Waals surface area contributed by atoms with E-state index in [-0.39, 0.29) is 5.97 Å². The van der Waals surface area contributed by atoms with Gasteiger partial charge in [0, 0.05) is 22.8 Å². The molecule has 2 aromatic rings. The van der Waals surface area contributed by atoms with E-state index in [1.165, 1.54) is 51.3 Å². The number of esters is 1. The molecule has 0 saturated heterocycles. The van der Waals surface area contributed by atoms with E-state index in [1.54, 1.807) is 0 Å². The Kier molecular flexibility index (Phi) is 9.08. The second kappa shape index (κ2) is 12.4. The quantitative estimate of drug-likeness (QED) is 0.295. The molecule has 3 nitrogen and oxygen atoms in total. The van der Waals surface area contributed by atoms with Crippen LogP contribution in [-0.2, 0) is 9.53 Å². The van der Waals surface area contributed by atoms with Crippen molar-refractivity contribution in [2.75, 3.05) is 19.7 Å². The Bertz CT molecular complexity index is 968. The molecular formula is C29H37NO2S. The molecule has 2 heterocycles. The minimum absolute atomic E-state index is 0.0319. The smallest absolute Gasteiger partial charge is 0.305 e. The van der Waals surface area contributed by atoms with E-state index in [9.17, 15) is 4.79 Å². The summed E-state index contributed by atoms with van der Waals surface area (Å²) in [5, 5.41) is 3.67. The Labute approximate surface area is 203 Å². The van der Waals surface area contributed by atoms with Gasteiger partial charge >= 0.3 is 5.97 Å². The number of hydrogen-bond acceptors (Lipinski definition) is 4. The van der Waals surface area contributed by atoms with E-state index in [1.807, 2.05) is 11.8 Å². The van der Waals surface area contributed by atoms with Crippen molar-refractivity contribution in [3.8, 4) is 0 Å². The van der Waals surface area contributed by atoms with Crippen LogP contribution in [-0.4, -0.2) is 25.7 Å². The van der Waals surface area contributed by atoms with Crippen molar-refractivity contribution in [2.45, 2.75) is 74.5 Å². The summed E-state index contributed by atoms with van der Waals surface area (Å²) in [4.78, 5) is 14.8. The van der Waals surface area contributed by atoms with Gasteiger partial charge in [0.15, 0.2) is 0 Å². The summed E-state index contributed by atoms with van der Waals surface area (Å²) in [6.45, 7) is 4.72. The lowest BCUT2D eigenvalue weighted by Crippen LogP contribution is -2.22. The molecule has 0 aliphatic carbocycles. The molecule has 2 aliphatic rings. The molecule has 0 saturated carbocycles. The largest absolute Gasteiger partial charge is 0.466 e. The van der Waals surface area contributed by atoms with Crippen LogP contribution in [0.25, 0.3) is 11.1 Å². The van der Waals surface area contributed by atoms with Crippen LogP contribution < -0.4 is 5.32 Å². The second-order valence-electron chi connectivity index (χ2n) is 9.16. The van der Waals surface area contributed by atoms with Crippen molar-refractivity contribution in [1.29, 1.82) is 0 Å². The van der Waals surface area contributed by atoms with Gasteiger partial charge in [0.25, 0.3) is 0 Å². The first kappa shape index (κ1) is 24.1. The topological polar surface area (TPSA) is 38.3 Å². The average molecular weight is 464 g/mol. The molecule has 176 valence electrons. The third-order valence-electron chi connectivity index (χ3n) is 6.73. The second-order valence-corrected chi connectivity index (χ2v) is 10.2. The SMILES string of the molecule is CCCCCCCC(=O)OCCCC1CNCCC2=C1c1ccccc1Sc1ccccc12. The maximum atomic E-state index is 12.1. The molecule has 2 aromatic carbocycles. The molecule has 1 unspecified atom stereocenters. The van der Waals surface area contributed by atoms with Crippen LogP contribution in [0.15, 0.2) is 58.3 Å². The van der Waals surface area contributed by atoms with Crippen molar-refractivity contribution in [1.82, 2.24) is 5.32 Å². The lowest BCUT2D eigenvalue weighted by atomic mass is 9.83. The lowest BCUT2D eigenvalue weighted by Gasteiger charge is -2.22. The number of benzene rings is 2. The van der Waals surface area contributed by atoms with Crippen LogP contribution in [0.4, 0.5) is 0 Å². The molecule has 0 aromatic heterocycles. The first-order valence-corrected chi connectivity index (χ1v) is 13.6. The van der Waals surface area contributed by atoms with E-state index >= 15 is 0 Å². The number of rotatable bonds is 10. The maximum absolute atomic E-state index is 12.1. The highest BCUT2D eigenvalue weighted by atomic mass is 32.2. The molecule has 1 N–H and O–H groups in total. The van der Waals surface area contributed by atoms with E-state index in [4.69, 9.17) is 4.74 Å². The van der Waals surface area contributed by atoms with Gasteiger partial charge in [-0.15, -0.1) is 0 Å². The standard InChI is InChI=1S/C29H37NO2S/c1-2-3-4-5-6-17-28(31)32-20-11-12-22-21-30-19-18-24-23-13-7-9-15-26(23)33-27-16-10-8-14-25(27)29(22)24/h7-10,13-16,22,30H,2-6,11-12,17-21H2,1H3. The van der Waals surface area contributed by atoms with Crippen LogP contribution in [0.2, 0.25) is 0 Å². The Hall–Kier alpha value is -2.04. The Morgan fingerprint density at radius 3 is 2.52 bits per heavy atom. The van der Waals surface area contributed by atoms with Gasteiger partial charge in [0.05, 0.1) is 6.61 Å². The zero-order valence-electron chi connectivity index (χ0n) is 19.9. The van der Waals surface area contributed by atoms with Crippen LogP contribution in [0.1, 0.15) is 75.8 Å². The molecule has 0 amide bonds. The fourth-order valence-electron chi connectivity index (χ4n) is 5.04. The normalized spacial score (nSPS) is 17.4. The van der Waals surface area contributed by atoms with Gasteiger partial charge in [-0.25, -0.2) is 0 Å². The van der Waals surface area contributed by atoms with Crippen molar-refractivity contribution in [3.05, 3.63) is 59.7 Å². The molecule has 0 bridgehead atoms. The lowest BCUT2D eigenvalue weighted by molar-refractivity contribution is -0.143. The number of ether oxygens (including phenoxy) is 1. The summed E-state index contributed by atoms with van der Waals surface area (Å²) in [6, 6.07) is 17.7. The highest BCUT2D eigenvalue weighted by Gasteiger charge is 2.28. The van der Waals surface area contributed by atoms with Gasteiger partial charge in [0.2, 0.25) is 0 Å². The molecule has 4 heteroatoms. The Morgan fingerprint density at radius 1 is 0.970 bits per heavy atom. The van der Waals surface area contributed by atoms with E-state index in [0.717, 1.165) is 45.2 Å². The predicted octanol–water partition coefficient (Wildman–Crippen LogP) is 7.36. The molecule has 0 spiro atoms. The summed E-state index contributed by atoms with van der Waals surface area (Å²) in [7, 11) is 0. The van der Waals surface area contributed by atoms with Crippen molar-refractivity contribution in [3.63, 3.8) is 0 Å². The average Bonchev–Trinajstić information content (AvgIpc) is 3.12. The minimum Gasteiger partial charge on any atom is -0.466 e. The van der Waals surface area contributed by atoms with Gasteiger partial charge in [-0.2, -0.15) is 0 Å². The molecule has 2 aliphatic heterocycles. The number of fused-ring (bicyclic) bond motifs is 4. The molecule has 33 heavy (non-hydrogen) atoms. The summed E-state index contributed by atoms with van der Waals surface area (Å²) in [5.41, 5.74) is 5.75. The minimum atomic E-state index is -0.0319. The monoisotopic (exact) mass is 463 g/mol. The number of carbonyl (C=O) groups is 1. The van der Waals surface area contributed by atoms with Crippen molar-refractivity contribution in [2.24, 2.45) is 5.92 Å². The third kappa shape index (κ3) is 6.30. The fraction of sp³-hybridized carbons (Fsp3) is 0.483. The van der Waals surface area contributed by atoms with E-state index in [2.05, 4.69) is 60.8 Å². The molecule has 0 radical (unpaired) electrons. The van der Waals surface area contributed by atoms with Gasteiger partial charge in [-0.05, 0) is 72.6 Å². The van der Waals surface area contributed by atoms with Gasteiger partial charge in [0.1, 0.15) is 0 Å². The van der Waals surface area contributed by atoms with Gasteiger partial charge < -0.3 is 10.1 Å². The van der Waals surface area contributed by atoms with Gasteiger partial charge in [-0.3, -0.25) is 4.79 Å². The Morgan fingerprint density at radius 2 is 1.70 bits per heavy atom. The van der Waals surface area contributed by atoms with Gasteiger partial charge in [-0.1, -0.05) is 80.8 Å². The van der Waals surface area contributed by atoms with Crippen LogP contribution in [0, 0.1) is 5.92 Å². The summed E-state index contributed by atoms with van der Waals surface area (Å²) in [5.74, 6) is 0.388. The first-order chi connectivity index (χ1) is 16.3. The van der Waals surface area contributed by atoms with Crippen LogP contribution in [0.3, 0.4) is 0 Å². The zero-order valence-corrected chi connectivity index (χ0v) is 20.7. The number of unbranched alkanes of at least 4 members (excludes halogenated alkanes) is 4. The highest BCUT2D eigenvalue weighted by molar-refractivity contribution is 7.99. The fourth-order valence-corrected chi connectivity index (χ4v) is 6.16. The number of nitrogens with one attached hydrogen (secondary N) is 1. The third-order valence-corrected chi connectivity index (χ3v) is 7.88. The summed E-state index contributed by atoms with van der Waals surface area (Å²) < 4.78 is 5.58. The molecule has 0 fully saturated rings. The number of carbonyl (C=O) groups excluding carboxylic acids is 1. The highest BCUT2D eigenvalue weighted by Crippen LogP contribution is 2.48. The zero-order chi connectivity index (χ0) is 22.9. The van der Waals surface area contributed by atoms with Crippen LogP contribution in [0.5, 0.6) is 0 Å². The molecule has 1 atom stereocenters. The maximum Gasteiger partial charge on any atom is 0.305 e. The molecule has 4 rings (SSSR count). The van der Waals surface area contributed by atoms with Crippen molar-refractivity contribution < 1.29 is 9.53 Å². The van der Waals surface area contributed by atoms with E-state index in [0.29, 0.717) is 18.9 Å². The first-order valence-electron chi connectivity index (χ1n) is 12.7. The summed E-state index contributed by atoms with van der Waals surface area (Å²) in [6.07, 6.45) is 9.33. The van der Waals surface area contributed by atoms with Crippen molar-refractivity contribution >= 4 is 28.9 Å². The van der Waals surface area contributed by atoms with E-state index < -0.39 is 0 Å². The Balaban J connectivity index is 1.43. The van der Waals surface area contributed by atoms with Crippen LogP contribution >= 0.6 is 11.8 Å². The summed E-state index contributed by atoms with van der Waals surface area (Å²) >= 11 is 1.89.